The number of halogens is 6. The molecule has 0 radical (unpaired) electrons. The zero-order valence-electron chi connectivity index (χ0n) is 15.8. The Kier molecular flexibility index (Phi) is 6.00. The van der Waals surface area contributed by atoms with Gasteiger partial charge in [-0.25, -0.2) is 0 Å². The van der Waals surface area contributed by atoms with Gasteiger partial charge in [0.05, 0.1) is 11.1 Å². The van der Waals surface area contributed by atoms with Gasteiger partial charge < -0.3 is 14.4 Å². The molecule has 0 amide bonds. The van der Waals surface area contributed by atoms with Gasteiger partial charge in [0.25, 0.3) is 0 Å². The van der Waals surface area contributed by atoms with Gasteiger partial charge >= 0.3 is 19.9 Å². The van der Waals surface area contributed by atoms with Gasteiger partial charge in [-0.1, -0.05) is 18.2 Å². The van der Waals surface area contributed by atoms with E-state index < -0.39 is 36.4 Å². The molecule has 2 N–H and O–H groups in total. The molecule has 168 valence electrons. The van der Waals surface area contributed by atoms with Gasteiger partial charge in [0, 0.05) is 29.2 Å². The number of nitrogens with zero attached hydrogens (tertiary/aromatic N) is 2. The lowest BCUT2D eigenvalue weighted by molar-refractivity contribution is -0.143. The molecule has 0 aliphatic carbocycles. The maximum absolute atomic E-state index is 13.1. The molecule has 1 heterocycles. The number of hydrogen-bond acceptors (Lipinski definition) is 2. The van der Waals surface area contributed by atoms with Crippen LogP contribution in [0.2, 0.25) is 0 Å². The third-order valence-electron chi connectivity index (χ3n) is 4.54. The van der Waals surface area contributed by atoms with Crippen molar-refractivity contribution in [3.05, 3.63) is 76.2 Å². The molecular formula is C20H13F6N2O3P. The van der Waals surface area contributed by atoms with E-state index in [0.717, 1.165) is 6.08 Å². The average Bonchev–Trinajstić information content (AvgIpc) is 3.01. The summed E-state index contributed by atoms with van der Waals surface area (Å²) in [6.07, 6.45) is -7.75. The zero-order valence-corrected chi connectivity index (χ0v) is 16.7. The quantitative estimate of drug-likeness (QED) is 0.286. The van der Waals surface area contributed by atoms with Crippen molar-refractivity contribution in [3.63, 3.8) is 0 Å². The fourth-order valence-electron chi connectivity index (χ4n) is 3.16. The van der Waals surface area contributed by atoms with Gasteiger partial charge in [0.2, 0.25) is 0 Å². The molecule has 0 aliphatic rings. The summed E-state index contributed by atoms with van der Waals surface area (Å²) in [6, 6.07) is 8.89. The van der Waals surface area contributed by atoms with Crippen LogP contribution < -0.4 is 0 Å². The summed E-state index contributed by atoms with van der Waals surface area (Å²) in [7, 11) is -4.89. The van der Waals surface area contributed by atoms with E-state index in [4.69, 9.17) is 5.26 Å². The summed E-state index contributed by atoms with van der Waals surface area (Å²) < 4.78 is 91.6. The predicted molar refractivity (Wildman–Crippen MR) is 103 cm³/mol. The summed E-state index contributed by atoms with van der Waals surface area (Å²) in [4.78, 5) is 18.5. The number of allylic oxidation sites excluding steroid dienone is 1. The lowest BCUT2D eigenvalue weighted by Gasteiger charge is -2.15. The molecule has 0 saturated heterocycles. The summed E-state index contributed by atoms with van der Waals surface area (Å²) in [5.41, 5.74) is -2.63. The maximum atomic E-state index is 13.1. The predicted octanol–water partition coefficient (Wildman–Crippen LogP) is 5.77. The molecule has 32 heavy (non-hydrogen) atoms. The van der Waals surface area contributed by atoms with Crippen molar-refractivity contribution in [1.82, 2.24) is 4.57 Å². The van der Waals surface area contributed by atoms with Crippen LogP contribution in [0.15, 0.2) is 54.0 Å². The number of rotatable bonds is 4. The van der Waals surface area contributed by atoms with E-state index in [1.807, 2.05) is 0 Å². The van der Waals surface area contributed by atoms with Gasteiger partial charge in [-0.05, 0) is 35.9 Å². The van der Waals surface area contributed by atoms with E-state index in [1.165, 1.54) is 22.9 Å². The molecule has 5 nitrogen and oxygen atoms in total. The molecule has 0 atom stereocenters. The highest BCUT2D eigenvalue weighted by atomic mass is 31.2. The van der Waals surface area contributed by atoms with E-state index in [1.54, 1.807) is 18.2 Å². The lowest BCUT2D eigenvalue weighted by Crippen LogP contribution is -2.12. The normalized spacial score (nSPS) is 13.4. The van der Waals surface area contributed by atoms with Crippen LogP contribution in [0.3, 0.4) is 0 Å². The summed E-state index contributed by atoms with van der Waals surface area (Å²) >= 11 is 0. The Morgan fingerprint density at radius 1 is 1.03 bits per heavy atom. The number of alkyl halides is 6. The Balaban J connectivity index is 2.16. The maximum Gasteiger partial charge on any atom is 0.416 e. The van der Waals surface area contributed by atoms with Crippen molar-refractivity contribution in [1.29, 1.82) is 5.26 Å². The largest absolute Gasteiger partial charge is 0.416 e. The van der Waals surface area contributed by atoms with Crippen LogP contribution >= 0.6 is 7.60 Å². The van der Waals surface area contributed by atoms with E-state index >= 15 is 0 Å². The first-order chi connectivity index (χ1) is 14.7. The van der Waals surface area contributed by atoms with Gasteiger partial charge in [0.15, 0.2) is 0 Å². The molecule has 0 spiro atoms. The zero-order chi connectivity index (χ0) is 23.9. The number of hydrogen-bond donors (Lipinski definition) is 2. The highest BCUT2D eigenvalue weighted by Crippen LogP contribution is 2.46. The molecule has 0 fully saturated rings. The Morgan fingerprint density at radius 2 is 1.59 bits per heavy atom. The van der Waals surface area contributed by atoms with Crippen molar-refractivity contribution in [2.75, 3.05) is 0 Å². The molecule has 0 bridgehead atoms. The second-order valence-corrected chi connectivity index (χ2v) is 8.40. The molecule has 2 aromatic carbocycles. The summed E-state index contributed by atoms with van der Waals surface area (Å²) in [5, 5.41) is 8.59. The minimum Gasteiger partial charge on any atom is -0.342 e. The topological polar surface area (TPSA) is 86.2 Å². The van der Waals surface area contributed by atoms with Crippen molar-refractivity contribution in [3.8, 4) is 6.07 Å². The minimum atomic E-state index is -4.99. The summed E-state index contributed by atoms with van der Waals surface area (Å²) in [5.74, 6) is 0. The molecule has 0 saturated carbocycles. The Labute approximate surface area is 177 Å². The van der Waals surface area contributed by atoms with E-state index in [0.29, 0.717) is 23.0 Å². The fourth-order valence-corrected chi connectivity index (χ4v) is 3.59. The third kappa shape index (κ3) is 5.05. The molecule has 3 rings (SSSR count). The monoisotopic (exact) mass is 474 g/mol. The van der Waals surface area contributed by atoms with Gasteiger partial charge in [-0.3, -0.25) is 4.57 Å². The highest BCUT2D eigenvalue weighted by molar-refractivity contribution is 7.57. The summed E-state index contributed by atoms with van der Waals surface area (Å²) in [6.45, 7) is -0.390. The molecule has 3 aromatic rings. The van der Waals surface area contributed by atoms with E-state index in [-0.39, 0.29) is 23.7 Å². The van der Waals surface area contributed by atoms with Gasteiger partial charge in [-0.15, -0.1) is 0 Å². The van der Waals surface area contributed by atoms with Crippen LogP contribution in [-0.4, -0.2) is 14.4 Å². The van der Waals surface area contributed by atoms with Crippen molar-refractivity contribution < 1.29 is 40.7 Å². The number of fused-ring (bicyclic) bond motifs is 1. The SMILES string of the molecule is N#CC(=Cc1cn(Cc2cc(C(F)(F)F)cc(C(F)(F)F)c2)c2ccccc12)P(=O)(O)O. The van der Waals surface area contributed by atoms with Gasteiger partial charge in [-0.2, -0.15) is 31.6 Å². The second-order valence-electron chi connectivity index (χ2n) is 6.83. The van der Waals surface area contributed by atoms with Gasteiger partial charge in [0.1, 0.15) is 11.4 Å². The first kappa shape index (κ1) is 23.6. The van der Waals surface area contributed by atoms with Crippen LogP contribution in [0, 0.1) is 11.3 Å². The smallest absolute Gasteiger partial charge is 0.342 e. The Bertz CT molecular complexity index is 1260. The highest BCUT2D eigenvalue weighted by Gasteiger charge is 2.37. The molecule has 1 aromatic heterocycles. The number of nitriles is 1. The van der Waals surface area contributed by atoms with Crippen LogP contribution in [0.5, 0.6) is 0 Å². The van der Waals surface area contributed by atoms with Crippen molar-refractivity contribution in [2.24, 2.45) is 0 Å². The number of aromatic nitrogens is 1. The third-order valence-corrected chi connectivity index (χ3v) is 5.40. The number of para-hydroxylation sites is 1. The Morgan fingerprint density at radius 3 is 2.09 bits per heavy atom. The Hall–Kier alpha value is -3.06. The van der Waals surface area contributed by atoms with Crippen LogP contribution in [0.4, 0.5) is 26.3 Å². The average molecular weight is 474 g/mol. The molecule has 12 heteroatoms. The number of benzene rings is 2. The first-order valence-electron chi connectivity index (χ1n) is 8.74. The van der Waals surface area contributed by atoms with E-state index in [9.17, 15) is 40.7 Å². The molecule has 0 aliphatic heterocycles. The van der Waals surface area contributed by atoms with Crippen LogP contribution in [0.1, 0.15) is 22.3 Å². The standard InChI is InChI=1S/C20H13F6N2O3P/c21-19(22,23)14-5-12(6-15(8-14)20(24,25)26)10-28-11-13(7-16(9-27)32(29,30)31)17-3-1-2-4-18(17)28/h1-8,11H,10H2,(H2,29,30,31). The minimum absolute atomic E-state index is 0.0324. The fraction of sp³-hybridized carbons (Fsp3) is 0.150. The lowest BCUT2D eigenvalue weighted by atomic mass is 10.0. The van der Waals surface area contributed by atoms with E-state index in [2.05, 4.69) is 0 Å². The first-order valence-corrected chi connectivity index (χ1v) is 10.4. The molecule has 0 unspecified atom stereocenters. The van der Waals surface area contributed by atoms with Crippen LogP contribution in [-0.2, 0) is 23.5 Å². The van der Waals surface area contributed by atoms with Crippen molar-refractivity contribution >= 4 is 24.6 Å². The van der Waals surface area contributed by atoms with Crippen LogP contribution in [0.25, 0.3) is 17.0 Å². The molecular weight excluding hydrogens is 461 g/mol. The second kappa shape index (κ2) is 8.13. The van der Waals surface area contributed by atoms with Crippen molar-refractivity contribution in [2.45, 2.75) is 18.9 Å².